The number of hydrogen-bond donors (Lipinski definition) is 0. The molecule has 2 heterocycles. The second-order valence-electron chi connectivity index (χ2n) is 7.57. The van der Waals surface area contributed by atoms with Gasteiger partial charge in [0.05, 0.1) is 13.5 Å². The van der Waals surface area contributed by atoms with Crippen molar-refractivity contribution in [3.8, 4) is 5.75 Å². The molecule has 0 saturated carbocycles. The summed E-state index contributed by atoms with van der Waals surface area (Å²) >= 11 is 1.43. The summed E-state index contributed by atoms with van der Waals surface area (Å²) in [6.45, 7) is 4.36. The minimum absolute atomic E-state index is 0.140. The van der Waals surface area contributed by atoms with E-state index in [2.05, 4.69) is 22.3 Å². The zero-order valence-electron chi connectivity index (χ0n) is 17.3. The number of anilines is 1. The lowest BCUT2D eigenvalue weighted by molar-refractivity contribution is -0.132. The smallest absolute Gasteiger partial charge is 0.227 e. The Morgan fingerprint density at radius 1 is 1.13 bits per heavy atom. The van der Waals surface area contributed by atoms with Gasteiger partial charge in [0, 0.05) is 43.6 Å². The van der Waals surface area contributed by atoms with Gasteiger partial charge < -0.3 is 14.5 Å². The van der Waals surface area contributed by atoms with Crippen LogP contribution in [0.25, 0.3) is 0 Å². The van der Waals surface area contributed by atoms with E-state index in [1.807, 2.05) is 53.4 Å². The van der Waals surface area contributed by atoms with Gasteiger partial charge in [-0.05, 0) is 30.2 Å². The zero-order chi connectivity index (χ0) is 20.9. The topological polar surface area (TPSA) is 58.6 Å². The molecule has 3 aromatic rings. The fourth-order valence-corrected chi connectivity index (χ4v) is 4.50. The fraction of sp³-hybridized carbons (Fsp3) is 0.348. The van der Waals surface area contributed by atoms with Gasteiger partial charge in [-0.25, -0.2) is 4.98 Å². The maximum absolute atomic E-state index is 12.8. The molecule has 1 aromatic heterocycles. The Bertz CT molecular complexity index is 992. The summed E-state index contributed by atoms with van der Waals surface area (Å²) in [4.78, 5) is 21.7. The number of aromatic nitrogens is 2. The first-order chi connectivity index (χ1) is 14.6. The molecule has 2 aromatic carbocycles. The molecular formula is C23H26N4O2S. The average Bonchev–Trinajstić information content (AvgIpc) is 3.23. The van der Waals surface area contributed by atoms with E-state index in [9.17, 15) is 4.79 Å². The van der Waals surface area contributed by atoms with Crippen LogP contribution in [0.3, 0.4) is 0 Å². The molecule has 0 N–H and O–H groups in total. The van der Waals surface area contributed by atoms with E-state index in [4.69, 9.17) is 9.72 Å². The molecule has 4 rings (SSSR count). The highest BCUT2D eigenvalue weighted by atomic mass is 32.1. The Morgan fingerprint density at radius 3 is 2.70 bits per heavy atom. The van der Waals surface area contributed by atoms with Crippen LogP contribution >= 0.6 is 11.5 Å². The van der Waals surface area contributed by atoms with Crippen molar-refractivity contribution in [1.29, 1.82) is 0 Å². The van der Waals surface area contributed by atoms with E-state index < -0.39 is 0 Å². The Labute approximate surface area is 181 Å². The summed E-state index contributed by atoms with van der Waals surface area (Å²) in [5.74, 6) is 1.84. The molecule has 1 saturated heterocycles. The molecule has 1 unspecified atom stereocenters. The normalized spacial score (nSPS) is 16.5. The number of benzene rings is 2. The second-order valence-corrected chi connectivity index (χ2v) is 8.30. The van der Waals surface area contributed by atoms with E-state index in [-0.39, 0.29) is 11.9 Å². The average molecular weight is 423 g/mol. The van der Waals surface area contributed by atoms with Crippen LogP contribution in [0.1, 0.15) is 23.9 Å². The van der Waals surface area contributed by atoms with Crippen molar-refractivity contribution in [3.63, 3.8) is 0 Å². The van der Waals surface area contributed by atoms with Crippen molar-refractivity contribution in [2.45, 2.75) is 25.8 Å². The number of carbonyl (C=O) groups excluding carboxylic acids is 1. The lowest BCUT2D eigenvalue weighted by Crippen LogP contribution is -2.54. The van der Waals surface area contributed by atoms with Crippen LogP contribution in [0, 0.1) is 0 Å². The first kappa shape index (κ1) is 20.3. The molecule has 0 bridgehead atoms. The van der Waals surface area contributed by atoms with Gasteiger partial charge >= 0.3 is 0 Å². The first-order valence-corrected chi connectivity index (χ1v) is 10.9. The highest BCUT2D eigenvalue weighted by Gasteiger charge is 2.28. The third-order valence-electron chi connectivity index (χ3n) is 5.37. The van der Waals surface area contributed by atoms with Gasteiger partial charge in [-0.3, -0.25) is 4.79 Å². The van der Waals surface area contributed by atoms with Crippen molar-refractivity contribution >= 4 is 22.6 Å². The summed E-state index contributed by atoms with van der Waals surface area (Å²) < 4.78 is 9.84. The van der Waals surface area contributed by atoms with E-state index in [1.54, 1.807) is 7.11 Å². The maximum Gasteiger partial charge on any atom is 0.227 e. The molecule has 1 aliphatic rings. The highest BCUT2D eigenvalue weighted by molar-refractivity contribution is 7.09. The lowest BCUT2D eigenvalue weighted by atomic mass is 10.1. The van der Waals surface area contributed by atoms with Crippen molar-refractivity contribution in [2.24, 2.45) is 0 Å². The van der Waals surface area contributed by atoms with Crippen molar-refractivity contribution < 1.29 is 9.53 Å². The van der Waals surface area contributed by atoms with Crippen LogP contribution in [-0.4, -0.2) is 53.0 Å². The predicted octanol–water partition coefficient (Wildman–Crippen LogP) is 3.42. The SMILES string of the molecule is COc1cccc(Cc2nsc(N3CCN(C(=O)Cc4ccccc4)C(C)C3)n2)c1. The van der Waals surface area contributed by atoms with Gasteiger partial charge in [0.25, 0.3) is 0 Å². The van der Waals surface area contributed by atoms with Crippen LogP contribution < -0.4 is 9.64 Å². The molecule has 1 atom stereocenters. The number of amides is 1. The second kappa shape index (κ2) is 9.26. The van der Waals surface area contributed by atoms with Crippen LogP contribution in [0.5, 0.6) is 5.75 Å². The number of ether oxygens (including phenoxy) is 1. The molecule has 0 aliphatic carbocycles. The van der Waals surface area contributed by atoms with Gasteiger partial charge in [-0.2, -0.15) is 4.37 Å². The van der Waals surface area contributed by atoms with E-state index in [0.717, 1.165) is 40.9 Å². The number of hydrogen-bond acceptors (Lipinski definition) is 6. The molecule has 6 nitrogen and oxygen atoms in total. The molecule has 0 spiro atoms. The minimum Gasteiger partial charge on any atom is -0.497 e. The molecule has 1 aliphatic heterocycles. The van der Waals surface area contributed by atoms with Gasteiger partial charge in [0.1, 0.15) is 11.6 Å². The Morgan fingerprint density at radius 2 is 1.93 bits per heavy atom. The quantitative estimate of drug-likeness (QED) is 0.609. The zero-order valence-corrected chi connectivity index (χ0v) is 18.1. The van der Waals surface area contributed by atoms with Crippen LogP contribution in [-0.2, 0) is 17.6 Å². The maximum atomic E-state index is 12.8. The molecule has 156 valence electrons. The highest BCUT2D eigenvalue weighted by Crippen LogP contribution is 2.23. The van der Waals surface area contributed by atoms with Gasteiger partial charge in [-0.15, -0.1) is 0 Å². The number of methoxy groups -OCH3 is 1. The third kappa shape index (κ3) is 4.79. The van der Waals surface area contributed by atoms with Crippen LogP contribution in [0.2, 0.25) is 0 Å². The Balaban J connectivity index is 1.36. The Hall–Kier alpha value is -2.93. The van der Waals surface area contributed by atoms with E-state index >= 15 is 0 Å². The van der Waals surface area contributed by atoms with Gasteiger partial charge in [0.15, 0.2) is 0 Å². The molecule has 0 radical (unpaired) electrons. The largest absolute Gasteiger partial charge is 0.497 e. The van der Waals surface area contributed by atoms with Crippen molar-refractivity contribution in [3.05, 3.63) is 71.5 Å². The van der Waals surface area contributed by atoms with Gasteiger partial charge in [0.2, 0.25) is 11.0 Å². The standard InChI is InChI=1S/C23H26N4O2S/c1-17-16-26(11-12-27(17)22(28)15-18-7-4-3-5-8-18)23-24-21(25-30-23)14-19-9-6-10-20(13-19)29-2/h3-10,13,17H,11-12,14-16H2,1-2H3. The molecule has 7 heteroatoms. The number of rotatable bonds is 6. The summed E-state index contributed by atoms with van der Waals surface area (Å²) in [7, 11) is 1.67. The minimum atomic E-state index is 0.140. The third-order valence-corrected chi connectivity index (χ3v) is 6.19. The van der Waals surface area contributed by atoms with Crippen LogP contribution in [0.15, 0.2) is 54.6 Å². The first-order valence-electron chi connectivity index (χ1n) is 10.2. The summed E-state index contributed by atoms with van der Waals surface area (Å²) in [6, 6.07) is 18.1. The monoisotopic (exact) mass is 422 g/mol. The summed E-state index contributed by atoms with van der Waals surface area (Å²) in [5, 5.41) is 0.926. The fourth-order valence-electron chi connectivity index (χ4n) is 3.78. The molecule has 30 heavy (non-hydrogen) atoms. The Kier molecular flexibility index (Phi) is 6.28. The van der Waals surface area contributed by atoms with E-state index in [1.165, 1.54) is 11.5 Å². The molecular weight excluding hydrogens is 396 g/mol. The molecule has 1 fully saturated rings. The van der Waals surface area contributed by atoms with Gasteiger partial charge in [-0.1, -0.05) is 42.5 Å². The van der Waals surface area contributed by atoms with Crippen molar-refractivity contribution in [2.75, 3.05) is 31.6 Å². The summed E-state index contributed by atoms with van der Waals surface area (Å²) in [5.41, 5.74) is 2.19. The summed E-state index contributed by atoms with van der Waals surface area (Å²) in [6.07, 6.45) is 1.13. The van der Waals surface area contributed by atoms with E-state index in [0.29, 0.717) is 19.4 Å². The predicted molar refractivity (Wildman–Crippen MR) is 119 cm³/mol. The molecule has 1 amide bonds. The number of piperazine rings is 1. The lowest BCUT2D eigenvalue weighted by Gasteiger charge is -2.39. The number of nitrogens with zero attached hydrogens (tertiary/aromatic N) is 4. The van der Waals surface area contributed by atoms with Crippen molar-refractivity contribution in [1.82, 2.24) is 14.3 Å². The number of carbonyl (C=O) groups is 1. The van der Waals surface area contributed by atoms with Crippen LogP contribution in [0.4, 0.5) is 5.13 Å².